The first kappa shape index (κ1) is 15.7. The van der Waals surface area contributed by atoms with E-state index in [2.05, 4.69) is 9.72 Å². The molecule has 0 saturated carbocycles. The van der Waals surface area contributed by atoms with Crippen molar-refractivity contribution < 1.29 is 14.3 Å². The van der Waals surface area contributed by atoms with Crippen LogP contribution in [0.2, 0.25) is 0 Å². The van der Waals surface area contributed by atoms with Crippen LogP contribution >= 0.6 is 0 Å². The number of benzene rings is 1. The number of methoxy groups -OCH3 is 1. The van der Waals surface area contributed by atoms with Crippen molar-refractivity contribution in [1.29, 1.82) is 0 Å². The molecule has 5 heteroatoms. The summed E-state index contributed by atoms with van der Waals surface area (Å²) in [6.45, 7) is 1.82. The topological polar surface area (TPSA) is 59.5 Å². The summed E-state index contributed by atoms with van der Waals surface area (Å²) < 4.78 is 4.66. The molecule has 0 aliphatic carbocycles. The molecule has 0 saturated heterocycles. The van der Waals surface area contributed by atoms with Crippen LogP contribution in [0, 0.1) is 0 Å². The summed E-state index contributed by atoms with van der Waals surface area (Å²) in [5.74, 6) is -0.327. The Hall–Kier alpha value is -2.69. The van der Waals surface area contributed by atoms with Crippen molar-refractivity contribution in [3.8, 4) is 11.3 Å². The van der Waals surface area contributed by atoms with Crippen molar-refractivity contribution >= 4 is 17.6 Å². The van der Waals surface area contributed by atoms with Crippen molar-refractivity contribution in [3.63, 3.8) is 0 Å². The maximum Gasteiger partial charge on any atom is 0.337 e. The molecule has 22 heavy (non-hydrogen) atoms. The molecule has 0 atom stereocenters. The van der Waals surface area contributed by atoms with E-state index in [1.807, 2.05) is 31.2 Å². The van der Waals surface area contributed by atoms with Crippen molar-refractivity contribution in [2.45, 2.75) is 13.3 Å². The summed E-state index contributed by atoms with van der Waals surface area (Å²) in [4.78, 5) is 29.0. The van der Waals surface area contributed by atoms with Gasteiger partial charge in [-0.15, -0.1) is 0 Å². The highest BCUT2D eigenvalue weighted by molar-refractivity contribution is 5.92. The first-order chi connectivity index (χ1) is 10.6. The number of anilines is 1. The van der Waals surface area contributed by atoms with Crippen LogP contribution in [0.15, 0.2) is 42.6 Å². The Morgan fingerprint density at radius 3 is 2.32 bits per heavy atom. The lowest BCUT2D eigenvalue weighted by atomic mass is 10.1. The van der Waals surface area contributed by atoms with Crippen molar-refractivity contribution in [3.05, 3.63) is 48.2 Å². The number of hydrogen-bond donors (Lipinski definition) is 0. The molecule has 0 radical (unpaired) electrons. The summed E-state index contributed by atoms with van der Waals surface area (Å²) in [6, 6.07) is 10.7. The average Bonchev–Trinajstić information content (AvgIpc) is 2.60. The van der Waals surface area contributed by atoms with E-state index in [-0.39, 0.29) is 11.9 Å². The fraction of sp³-hybridized carbons (Fsp3) is 0.235. The molecule has 0 N–H and O–H groups in total. The number of rotatable bonds is 4. The van der Waals surface area contributed by atoms with Gasteiger partial charge in [-0.05, 0) is 24.3 Å². The van der Waals surface area contributed by atoms with Gasteiger partial charge in [0.1, 0.15) is 0 Å². The third-order valence-corrected chi connectivity index (χ3v) is 3.41. The lowest BCUT2D eigenvalue weighted by Crippen LogP contribution is -2.25. The molecule has 0 unspecified atom stereocenters. The fourth-order valence-corrected chi connectivity index (χ4v) is 2.03. The third kappa shape index (κ3) is 3.31. The number of pyridine rings is 1. The molecule has 2 rings (SSSR count). The molecule has 1 aromatic heterocycles. The summed E-state index contributed by atoms with van der Waals surface area (Å²) in [5, 5.41) is 0. The van der Waals surface area contributed by atoms with Crippen LogP contribution in [0.3, 0.4) is 0 Å². The third-order valence-electron chi connectivity index (χ3n) is 3.41. The first-order valence-electron chi connectivity index (χ1n) is 6.98. The Morgan fingerprint density at radius 2 is 1.82 bits per heavy atom. The van der Waals surface area contributed by atoms with Crippen LogP contribution in [-0.2, 0) is 9.53 Å². The van der Waals surface area contributed by atoms with Gasteiger partial charge in [0.05, 0.1) is 30.3 Å². The SMILES string of the molecule is CCC(=O)N(C)c1ccc(-c2ccc(C(=O)OC)cc2)nc1. The van der Waals surface area contributed by atoms with Crippen LogP contribution in [0.4, 0.5) is 5.69 Å². The van der Waals surface area contributed by atoms with Crippen LogP contribution in [0.25, 0.3) is 11.3 Å². The largest absolute Gasteiger partial charge is 0.465 e. The van der Waals surface area contributed by atoms with E-state index >= 15 is 0 Å². The van der Waals surface area contributed by atoms with E-state index in [1.165, 1.54) is 7.11 Å². The Morgan fingerprint density at radius 1 is 1.14 bits per heavy atom. The molecule has 1 heterocycles. The van der Waals surface area contributed by atoms with Crippen LogP contribution in [-0.4, -0.2) is 31.0 Å². The van der Waals surface area contributed by atoms with E-state index in [1.54, 1.807) is 30.3 Å². The van der Waals surface area contributed by atoms with Gasteiger partial charge in [0.2, 0.25) is 5.91 Å². The second-order valence-electron chi connectivity index (χ2n) is 4.78. The van der Waals surface area contributed by atoms with E-state index in [0.29, 0.717) is 12.0 Å². The molecular weight excluding hydrogens is 280 g/mol. The number of amides is 1. The van der Waals surface area contributed by atoms with Gasteiger partial charge in [-0.3, -0.25) is 9.78 Å². The van der Waals surface area contributed by atoms with Crippen molar-refractivity contribution in [1.82, 2.24) is 4.98 Å². The van der Waals surface area contributed by atoms with Gasteiger partial charge in [-0.1, -0.05) is 19.1 Å². The molecule has 1 aromatic carbocycles. The zero-order chi connectivity index (χ0) is 16.1. The van der Waals surface area contributed by atoms with Gasteiger partial charge in [0, 0.05) is 19.0 Å². The van der Waals surface area contributed by atoms with E-state index < -0.39 is 0 Å². The van der Waals surface area contributed by atoms with E-state index in [4.69, 9.17) is 0 Å². The van der Waals surface area contributed by atoms with Crippen molar-refractivity contribution in [2.24, 2.45) is 0 Å². The van der Waals surface area contributed by atoms with Crippen molar-refractivity contribution in [2.75, 3.05) is 19.1 Å². The molecular formula is C17H18N2O3. The smallest absolute Gasteiger partial charge is 0.337 e. The molecule has 0 aliphatic heterocycles. The molecule has 0 aliphatic rings. The minimum Gasteiger partial charge on any atom is -0.465 e. The Balaban J connectivity index is 2.20. The highest BCUT2D eigenvalue weighted by Gasteiger charge is 2.10. The molecule has 0 spiro atoms. The van der Waals surface area contributed by atoms with Crippen LogP contribution < -0.4 is 4.90 Å². The number of nitrogens with zero attached hydrogens (tertiary/aromatic N) is 2. The molecule has 0 bridgehead atoms. The molecule has 1 amide bonds. The molecule has 114 valence electrons. The summed E-state index contributed by atoms with van der Waals surface area (Å²) in [5.41, 5.74) is 2.92. The second kappa shape index (κ2) is 6.85. The number of esters is 1. The number of aromatic nitrogens is 1. The number of carbonyl (C=O) groups excluding carboxylic acids is 2. The predicted molar refractivity (Wildman–Crippen MR) is 84.7 cm³/mol. The Bertz CT molecular complexity index is 663. The number of hydrogen-bond acceptors (Lipinski definition) is 4. The van der Waals surface area contributed by atoms with E-state index in [0.717, 1.165) is 16.9 Å². The first-order valence-corrected chi connectivity index (χ1v) is 6.98. The molecule has 2 aromatic rings. The maximum atomic E-state index is 11.7. The number of carbonyl (C=O) groups is 2. The van der Waals surface area contributed by atoms with Gasteiger partial charge in [-0.25, -0.2) is 4.79 Å². The highest BCUT2D eigenvalue weighted by atomic mass is 16.5. The zero-order valence-corrected chi connectivity index (χ0v) is 12.9. The Kier molecular flexibility index (Phi) is 4.88. The second-order valence-corrected chi connectivity index (χ2v) is 4.78. The Labute approximate surface area is 129 Å². The standard InChI is InChI=1S/C17H18N2O3/c1-4-16(20)19(2)14-9-10-15(18-11-14)12-5-7-13(8-6-12)17(21)22-3/h5-11H,4H2,1-3H3. The summed E-state index contributed by atoms with van der Waals surface area (Å²) >= 11 is 0. The maximum absolute atomic E-state index is 11.7. The lowest BCUT2D eigenvalue weighted by molar-refractivity contribution is -0.118. The van der Waals surface area contributed by atoms with E-state index in [9.17, 15) is 9.59 Å². The summed E-state index contributed by atoms with van der Waals surface area (Å²) in [7, 11) is 3.08. The minimum absolute atomic E-state index is 0.0389. The molecule has 5 nitrogen and oxygen atoms in total. The minimum atomic E-state index is -0.366. The van der Waals surface area contributed by atoms with Crippen LogP contribution in [0.5, 0.6) is 0 Å². The average molecular weight is 298 g/mol. The predicted octanol–water partition coefficient (Wildman–Crippen LogP) is 2.91. The zero-order valence-electron chi connectivity index (χ0n) is 12.9. The fourth-order valence-electron chi connectivity index (χ4n) is 2.03. The molecule has 0 fully saturated rings. The van der Waals surface area contributed by atoms with Gasteiger partial charge in [0.15, 0.2) is 0 Å². The lowest BCUT2D eigenvalue weighted by Gasteiger charge is -2.16. The monoisotopic (exact) mass is 298 g/mol. The van der Waals surface area contributed by atoms with Gasteiger partial charge >= 0.3 is 5.97 Å². The quantitative estimate of drug-likeness (QED) is 0.814. The normalized spacial score (nSPS) is 10.1. The highest BCUT2D eigenvalue weighted by Crippen LogP contribution is 2.21. The summed E-state index contributed by atoms with van der Waals surface area (Å²) in [6.07, 6.45) is 2.12. The number of ether oxygens (including phenoxy) is 1. The van der Waals surface area contributed by atoms with Gasteiger partial charge in [0.25, 0.3) is 0 Å². The van der Waals surface area contributed by atoms with Gasteiger partial charge < -0.3 is 9.64 Å². The van der Waals surface area contributed by atoms with Crippen LogP contribution in [0.1, 0.15) is 23.7 Å². The van der Waals surface area contributed by atoms with Gasteiger partial charge in [-0.2, -0.15) is 0 Å².